The predicted octanol–water partition coefficient (Wildman–Crippen LogP) is 5.87. The lowest BCUT2D eigenvalue weighted by atomic mass is 9.89. The fourth-order valence-corrected chi connectivity index (χ4v) is 5.12. The maximum atomic E-state index is 13.0. The van der Waals surface area contributed by atoms with Gasteiger partial charge in [0.15, 0.2) is 0 Å². The number of hydrogen-bond donors (Lipinski definition) is 1. The second-order valence-electron chi connectivity index (χ2n) is 10.0. The number of imidazole rings is 1. The van der Waals surface area contributed by atoms with Crippen LogP contribution in [0.5, 0.6) is 5.75 Å². The zero-order chi connectivity index (χ0) is 28.4. The van der Waals surface area contributed by atoms with Crippen LogP contribution in [-0.4, -0.2) is 46.3 Å². The van der Waals surface area contributed by atoms with Gasteiger partial charge in [-0.25, -0.2) is 4.98 Å². The van der Waals surface area contributed by atoms with E-state index in [1.54, 1.807) is 12.0 Å². The second kappa shape index (κ2) is 11.0. The van der Waals surface area contributed by atoms with E-state index in [1.165, 1.54) is 16.8 Å². The largest absolute Gasteiger partial charge is 0.496 e. The van der Waals surface area contributed by atoms with E-state index in [9.17, 15) is 22.8 Å². The number of likely N-dealkylation sites (tertiary alicyclic amines) is 1. The number of methoxy groups -OCH3 is 1. The number of amides is 2. The van der Waals surface area contributed by atoms with Crippen molar-refractivity contribution in [2.75, 3.05) is 25.5 Å². The Morgan fingerprint density at radius 2 is 1.77 bits per heavy atom. The van der Waals surface area contributed by atoms with E-state index in [4.69, 9.17) is 4.74 Å². The molecule has 4 aromatic rings. The molecule has 0 spiro atoms. The lowest BCUT2D eigenvalue weighted by Gasteiger charge is -2.32. The van der Waals surface area contributed by atoms with E-state index in [1.807, 2.05) is 49.4 Å². The Kier molecular flexibility index (Phi) is 7.51. The molecule has 0 atom stereocenters. The first-order valence-electron chi connectivity index (χ1n) is 13.0. The Hall–Kier alpha value is -4.34. The molecule has 0 aliphatic carbocycles. The number of ether oxygens (including phenoxy) is 1. The van der Waals surface area contributed by atoms with Gasteiger partial charge in [-0.3, -0.25) is 9.59 Å². The van der Waals surface area contributed by atoms with Crippen LogP contribution >= 0.6 is 0 Å². The highest BCUT2D eigenvalue weighted by Gasteiger charge is 2.31. The van der Waals surface area contributed by atoms with Gasteiger partial charge in [-0.1, -0.05) is 24.3 Å². The van der Waals surface area contributed by atoms with Gasteiger partial charge in [0, 0.05) is 31.2 Å². The molecule has 1 fully saturated rings. The zero-order valence-corrected chi connectivity index (χ0v) is 22.2. The lowest BCUT2D eigenvalue weighted by Crippen LogP contribution is -2.38. The highest BCUT2D eigenvalue weighted by atomic mass is 19.4. The molecular formula is C30H29F3N4O3. The summed E-state index contributed by atoms with van der Waals surface area (Å²) in [5, 5.41) is 2.94. The molecule has 2 amide bonds. The summed E-state index contributed by atoms with van der Waals surface area (Å²) >= 11 is 0. The normalized spacial score (nSPS) is 14.4. The minimum atomic E-state index is -4.47. The number of aryl methyl sites for hydroxylation is 1. The first-order chi connectivity index (χ1) is 19.1. The molecule has 7 nitrogen and oxygen atoms in total. The van der Waals surface area contributed by atoms with Crippen LogP contribution in [0.2, 0.25) is 0 Å². The fraction of sp³-hybridized carbons (Fsp3) is 0.300. The van der Waals surface area contributed by atoms with Crippen LogP contribution < -0.4 is 10.1 Å². The summed E-state index contributed by atoms with van der Waals surface area (Å²) in [6.45, 7) is 2.98. The van der Waals surface area contributed by atoms with Gasteiger partial charge in [0.2, 0.25) is 5.91 Å². The van der Waals surface area contributed by atoms with Crippen LogP contribution in [0, 0.1) is 6.92 Å². The number of nitrogens with zero attached hydrogens (tertiary/aromatic N) is 3. The topological polar surface area (TPSA) is 75.9 Å². The number of anilines is 1. The Labute approximate surface area is 229 Å². The molecule has 40 heavy (non-hydrogen) atoms. The number of halogens is 3. The first-order valence-corrected chi connectivity index (χ1v) is 13.0. The van der Waals surface area contributed by atoms with Crippen molar-refractivity contribution in [2.45, 2.75) is 38.3 Å². The van der Waals surface area contributed by atoms with Crippen LogP contribution in [0.15, 0.2) is 67.0 Å². The fourth-order valence-electron chi connectivity index (χ4n) is 5.12. The molecule has 1 aliphatic heterocycles. The van der Waals surface area contributed by atoms with Gasteiger partial charge in [-0.05, 0) is 72.7 Å². The van der Waals surface area contributed by atoms with Crippen molar-refractivity contribution in [1.82, 2.24) is 14.3 Å². The third-order valence-corrected chi connectivity index (χ3v) is 7.28. The minimum Gasteiger partial charge on any atom is -0.496 e. The Bertz CT molecular complexity index is 1540. The van der Waals surface area contributed by atoms with Crippen molar-refractivity contribution >= 4 is 23.1 Å². The highest BCUT2D eigenvalue weighted by Crippen LogP contribution is 2.31. The Morgan fingerprint density at radius 3 is 2.42 bits per heavy atom. The minimum absolute atomic E-state index is 0.0827. The van der Waals surface area contributed by atoms with Crippen molar-refractivity contribution in [1.29, 1.82) is 0 Å². The lowest BCUT2D eigenvalue weighted by molar-refractivity contribution is -0.137. The predicted molar refractivity (Wildman–Crippen MR) is 145 cm³/mol. The van der Waals surface area contributed by atoms with Crippen LogP contribution in [0.1, 0.15) is 51.5 Å². The van der Waals surface area contributed by atoms with E-state index >= 15 is 0 Å². The van der Waals surface area contributed by atoms with Crippen LogP contribution in [0.3, 0.4) is 0 Å². The van der Waals surface area contributed by atoms with E-state index in [0.717, 1.165) is 47.4 Å². The number of benzene rings is 2. The number of fused-ring (bicyclic) bond motifs is 1. The molecule has 1 saturated heterocycles. The second-order valence-corrected chi connectivity index (χ2v) is 10.0. The van der Waals surface area contributed by atoms with E-state index in [0.29, 0.717) is 18.8 Å². The average Bonchev–Trinajstić information content (AvgIpc) is 3.36. The number of piperidine rings is 1. The molecular weight excluding hydrogens is 521 g/mol. The number of hydrogen-bond acceptors (Lipinski definition) is 4. The van der Waals surface area contributed by atoms with Crippen LogP contribution in [-0.2, 0) is 17.4 Å². The van der Waals surface area contributed by atoms with Gasteiger partial charge >= 0.3 is 6.18 Å². The average molecular weight is 551 g/mol. The number of rotatable bonds is 6. The van der Waals surface area contributed by atoms with E-state index in [2.05, 4.69) is 10.3 Å². The third kappa shape index (κ3) is 5.95. The van der Waals surface area contributed by atoms with E-state index in [-0.39, 0.29) is 35.5 Å². The molecule has 10 heteroatoms. The van der Waals surface area contributed by atoms with Gasteiger partial charge in [-0.2, -0.15) is 13.2 Å². The Morgan fingerprint density at radius 1 is 1.05 bits per heavy atom. The smallest absolute Gasteiger partial charge is 0.416 e. The quantitative estimate of drug-likeness (QED) is 0.326. The number of alkyl halides is 3. The molecule has 1 N–H and O–H groups in total. The molecule has 3 heterocycles. The zero-order valence-electron chi connectivity index (χ0n) is 22.2. The summed E-state index contributed by atoms with van der Waals surface area (Å²) in [5.74, 6) is 0.645. The van der Waals surface area contributed by atoms with Gasteiger partial charge in [-0.15, -0.1) is 0 Å². The maximum Gasteiger partial charge on any atom is 0.416 e. The SMILES string of the molecule is COc1ccc(CC(=O)Nc2ccc(C3CCN(C(=O)c4cn5ccc(C(F)(F)F)cc5n4)CC3)cc2)cc1C. The van der Waals surface area contributed by atoms with Gasteiger partial charge in [0.05, 0.1) is 19.1 Å². The third-order valence-electron chi connectivity index (χ3n) is 7.28. The molecule has 5 rings (SSSR count). The van der Waals surface area contributed by atoms with Crippen molar-refractivity contribution in [2.24, 2.45) is 0 Å². The van der Waals surface area contributed by atoms with Crippen LogP contribution in [0.4, 0.5) is 18.9 Å². The summed E-state index contributed by atoms with van der Waals surface area (Å²) in [5.41, 5.74) is 3.13. The summed E-state index contributed by atoms with van der Waals surface area (Å²) in [7, 11) is 1.62. The molecule has 2 aromatic heterocycles. The molecule has 0 bridgehead atoms. The number of nitrogens with one attached hydrogen (secondary N) is 1. The van der Waals surface area contributed by atoms with Crippen molar-refractivity contribution < 1.29 is 27.5 Å². The van der Waals surface area contributed by atoms with Crippen LogP contribution in [0.25, 0.3) is 5.65 Å². The van der Waals surface area contributed by atoms with Crippen molar-refractivity contribution in [3.05, 3.63) is 94.9 Å². The summed E-state index contributed by atoms with van der Waals surface area (Å²) in [6.07, 6.45) is 0.0155. The van der Waals surface area contributed by atoms with E-state index < -0.39 is 11.7 Å². The molecule has 0 unspecified atom stereocenters. The molecule has 208 valence electrons. The Balaban J connectivity index is 1.15. The molecule has 2 aromatic carbocycles. The standard InChI is InChI=1S/C30H29F3N4O3/c1-19-15-20(3-8-26(19)40-2)16-28(38)34-24-6-4-21(5-7-24)22-9-12-36(13-10-22)29(39)25-18-37-14-11-23(30(31,32)33)17-27(37)35-25/h3-8,11,14-15,17-18,22H,9-10,12-13,16H2,1-2H3,(H,34,38). The molecule has 1 aliphatic rings. The number of pyridine rings is 1. The van der Waals surface area contributed by atoms with Crippen molar-refractivity contribution in [3.8, 4) is 5.75 Å². The number of carbonyl (C=O) groups excluding carboxylic acids is 2. The molecule has 0 radical (unpaired) electrons. The molecule has 0 saturated carbocycles. The first kappa shape index (κ1) is 27.2. The van der Waals surface area contributed by atoms with Crippen molar-refractivity contribution in [3.63, 3.8) is 0 Å². The number of aromatic nitrogens is 2. The summed E-state index contributed by atoms with van der Waals surface area (Å²) < 4.78 is 45.7. The summed E-state index contributed by atoms with van der Waals surface area (Å²) in [6, 6.07) is 15.3. The van der Waals surface area contributed by atoms with Gasteiger partial charge < -0.3 is 19.4 Å². The maximum absolute atomic E-state index is 13.0. The number of carbonyl (C=O) groups is 2. The highest BCUT2D eigenvalue weighted by molar-refractivity contribution is 5.93. The van der Waals surface area contributed by atoms with Gasteiger partial charge in [0.1, 0.15) is 17.1 Å². The monoisotopic (exact) mass is 550 g/mol. The summed E-state index contributed by atoms with van der Waals surface area (Å²) in [4.78, 5) is 31.4. The van der Waals surface area contributed by atoms with Gasteiger partial charge in [0.25, 0.3) is 5.91 Å².